The second-order valence-corrected chi connectivity index (χ2v) is 3.63. The highest BCUT2D eigenvalue weighted by molar-refractivity contribution is 6.30. The van der Waals surface area contributed by atoms with Crippen molar-refractivity contribution in [1.29, 1.82) is 0 Å². The Balaban J connectivity index is 2.19. The number of aliphatic hydroxyl groups is 1. The van der Waals surface area contributed by atoms with Gasteiger partial charge in [-0.2, -0.15) is 0 Å². The highest BCUT2D eigenvalue weighted by Gasteiger charge is 2.06. The molecule has 0 radical (unpaired) electrons. The molecule has 4 nitrogen and oxygen atoms in total. The summed E-state index contributed by atoms with van der Waals surface area (Å²) in [6, 6.07) is 7.09. The zero-order valence-electron chi connectivity index (χ0n) is 8.60. The van der Waals surface area contributed by atoms with Crippen LogP contribution in [0.15, 0.2) is 30.3 Å². The Morgan fingerprint density at radius 3 is 2.65 bits per heavy atom. The number of benzene rings is 1. The Hall–Kier alpha value is -1.72. The summed E-state index contributed by atoms with van der Waals surface area (Å²) in [7, 11) is 0. The van der Waals surface area contributed by atoms with E-state index in [-0.39, 0.29) is 23.3 Å². The maximum Gasteiger partial charge on any atom is 0.239 e. The average Bonchev–Trinajstić information content (AvgIpc) is 2.34. The number of aliphatic hydroxyl groups excluding tert-OH is 1. The van der Waals surface area contributed by atoms with Crippen LogP contribution >= 0.6 is 11.6 Å². The molecule has 0 aliphatic rings. The van der Waals surface area contributed by atoms with Gasteiger partial charge in [0, 0.05) is 11.1 Å². The van der Waals surface area contributed by atoms with Crippen molar-refractivity contribution in [2.24, 2.45) is 0 Å². The summed E-state index contributed by atoms with van der Waals surface area (Å²) in [6.07, 6.45) is 0. The monoisotopic (exact) mass is 254 g/mol. The normalized spacial score (nSPS) is 10.3. The molecule has 0 saturated carbocycles. The van der Waals surface area contributed by atoms with Gasteiger partial charge in [0.1, 0.15) is 0 Å². The van der Waals surface area contributed by atoms with E-state index in [0.29, 0.717) is 5.69 Å². The van der Waals surface area contributed by atoms with Gasteiger partial charge in [-0.3, -0.25) is 0 Å². The zero-order valence-corrected chi connectivity index (χ0v) is 9.36. The van der Waals surface area contributed by atoms with Crippen LogP contribution in [-0.4, -0.2) is 15.3 Å². The molecule has 0 aliphatic heterocycles. The van der Waals surface area contributed by atoms with Crippen molar-refractivity contribution >= 4 is 11.6 Å². The summed E-state index contributed by atoms with van der Waals surface area (Å²) in [6.45, 7) is -0.206. The molecule has 0 amide bonds. The Labute approximate surface area is 102 Å². The minimum absolute atomic E-state index is 0.0143. The number of rotatable bonds is 3. The van der Waals surface area contributed by atoms with Crippen LogP contribution in [0.5, 0.6) is 11.6 Å². The summed E-state index contributed by atoms with van der Waals surface area (Å²) in [5.74, 6) is -0.422. The first-order chi connectivity index (χ1) is 8.19. The fourth-order valence-corrected chi connectivity index (χ4v) is 1.32. The Morgan fingerprint density at radius 2 is 2.06 bits per heavy atom. The molecule has 1 heterocycles. The molecule has 88 valence electrons. The van der Waals surface area contributed by atoms with E-state index in [2.05, 4.69) is 10.2 Å². The molecule has 0 bridgehead atoms. The molecule has 2 aromatic rings. The first kappa shape index (κ1) is 11.8. The number of hydrogen-bond donors (Lipinski definition) is 1. The SMILES string of the molecule is OCc1ccc(Oc2ccc(Cl)cc2F)nn1. The number of hydrogen-bond acceptors (Lipinski definition) is 4. The standard InChI is InChI=1S/C11H8ClFN2O2/c12-7-1-3-10(9(13)5-7)17-11-4-2-8(6-16)14-15-11/h1-5,16H,6H2. The molecule has 0 aliphatic carbocycles. The summed E-state index contributed by atoms with van der Waals surface area (Å²) in [5, 5.41) is 16.4. The molecule has 1 aromatic carbocycles. The summed E-state index contributed by atoms with van der Waals surface area (Å²) >= 11 is 5.61. The van der Waals surface area contributed by atoms with Crippen LogP contribution in [0.3, 0.4) is 0 Å². The van der Waals surface area contributed by atoms with Crippen LogP contribution < -0.4 is 4.74 Å². The molecule has 1 N–H and O–H groups in total. The molecule has 0 saturated heterocycles. The van der Waals surface area contributed by atoms with Gasteiger partial charge in [-0.05, 0) is 24.3 Å². The first-order valence-corrected chi connectivity index (χ1v) is 5.13. The highest BCUT2D eigenvalue weighted by atomic mass is 35.5. The van der Waals surface area contributed by atoms with E-state index in [1.807, 2.05) is 0 Å². The third-order valence-corrected chi connectivity index (χ3v) is 2.20. The van der Waals surface area contributed by atoms with Gasteiger partial charge in [0.2, 0.25) is 5.88 Å². The first-order valence-electron chi connectivity index (χ1n) is 4.75. The van der Waals surface area contributed by atoms with E-state index < -0.39 is 5.82 Å². The smallest absolute Gasteiger partial charge is 0.239 e. The maximum atomic E-state index is 13.4. The largest absolute Gasteiger partial charge is 0.434 e. The zero-order chi connectivity index (χ0) is 12.3. The van der Waals surface area contributed by atoms with Crippen molar-refractivity contribution < 1.29 is 14.2 Å². The highest BCUT2D eigenvalue weighted by Crippen LogP contribution is 2.25. The van der Waals surface area contributed by atoms with Gasteiger partial charge in [-0.1, -0.05) is 11.6 Å². The molecule has 0 fully saturated rings. The number of ether oxygens (including phenoxy) is 1. The molecule has 2 rings (SSSR count). The van der Waals surface area contributed by atoms with Crippen molar-refractivity contribution in [1.82, 2.24) is 10.2 Å². The van der Waals surface area contributed by atoms with Gasteiger partial charge >= 0.3 is 0 Å². The van der Waals surface area contributed by atoms with Gasteiger partial charge in [-0.15, -0.1) is 10.2 Å². The Bertz CT molecular complexity index is 519. The molecule has 0 unspecified atom stereocenters. The van der Waals surface area contributed by atoms with E-state index in [1.165, 1.54) is 24.3 Å². The van der Waals surface area contributed by atoms with Crippen LogP contribution in [0.25, 0.3) is 0 Å². The quantitative estimate of drug-likeness (QED) is 0.915. The van der Waals surface area contributed by atoms with Crippen molar-refractivity contribution in [3.63, 3.8) is 0 Å². The predicted molar refractivity (Wildman–Crippen MR) is 59.4 cm³/mol. The number of halogens is 2. The van der Waals surface area contributed by atoms with Crippen LogP contribution in [-0.2, 0) is 6.61 Å². The summed E-state index contributed by atoms with van der Waals surface area (Å²) in [4.78, 5) is 0. The van der Waals surface area contributed by atoms with Crippen molar-refractivity contribution in [2.75, 3.05) is 0 Å². The lowest BCUT2D eigenvalue weighted by Crippen LogP contribution is -1.96. The lowest BCUT2D eigenvalue weighted by molar-refractivity contribution is 0.274. The topological polar surface area (TPSA) is 55.2 Å². The van der Waals surface area contributed by atoms with E-state index in [9.17, 15) is 4.39 Å². The third kappa shape index (κ3) is 2.89. The molecule has 6 heteroatoms. The molecular weight excluding hydrogens is 247 g/mol. The van der Waals surface area contributed by atoms with Crippen molar-refractivity contribution in [2.45, 2.75) is 6.61 Å². The average molecular weight is 255 g/mol. The second kappa shape index (κ2) is 5.07. The molecular formula is C11H8ClFN2O2. The second-order valence-electron chi connectivity index (χ2n) is 3.20. The Kier molecular flexibility index (Phi) is 3.51. The van der Waals surface area contributed by atoms with Crippen LogP contribution in [0.4, 0.5) is 4.39 Å². The van der Waals surface area contributed by atoms with Crippen LogP contribution in [0, 0.1) is 5.82 Å². The minimum Gasteiger partial charge on any atom is -0.434 e. The molecule has 0 spiro atoms. The minimum atomic E-state index is -0.578. The maximum absolute atomic E-state index is 13.4. The van der Waals surface area contributed by atoms with Crippen LogP contribution in [0.1, 0.15) is 5.69 Å². The van der Waals surface area contributed by atoms with Crippen LogP contribution in [0.2, 0.25) is 5.02 Å². The predicted octanol–water partition coefficient (Wildman–Crippen LogP) is 2.55. The van der Waals surface area contributed by atoms with E-state index >= 15 is 0 Å². The lowest BCUT2D eigenvalue weighted by Gasteiger charge is -2.05. The van der Waals surface area contributed by atoms with Gasteiger partial charge in [-0.25, -0.2) is 4.39 Å². The van der Waals surface area contributed by atoms with Gasteiger partial charge in [0.05, 0.1) is 12.3 Å². The fraction of sp³-hybridized carbons (Fsp3) is 0.0909. The number of nitrogens with zero attached hydrogens (tertiary/aromatic N) is 2. The van der Waals surface area contributed by atoms with E-state index in [4.69, 9.17) is 21.4 Å². The van der Waals surface area contributed by atoms with Gasteiger partial charge in [0.25, 0.3) is 0 Å². The summed E-state index contributed by atoms with van der Waals surface area (Å²) in [5.41, 5.74) is 0.411. The molecule has 1 aromatic heterocycles. The third-order valence-electron chi connectivity index (χ3n) is 1.97. The van der Waals surface area contributed by atoms with Crippen molar-refractivity contribution in [3.05, 3.63) is 46.9 Å². The Morgan fingerprint density at radius 1 is 1.24 bits per heavy atom. The van der Waals surface area contributed by atoms with Gasteiger partial charge < -0.3 is 9.84 Å². The summed E-state index contributed by atoms with van der Waals surface area (Å²) < 4.78 is 18.6. The number of aromatic nitrogens is 2. The van der Waals surface area contributed by atoms with E-state index in [1.54, 1.807) is 0 Å². The van der Waals surface area contributed by atoms with Crippen molar-refractivity contribution in [3.8, 4) is 11.6 Å². The van der Waals surface area contributed by atoms with E-state index in [0.717, 1.165) is 6.07 Å². The molecule has 17 heavy (non-hydrogen) atoms. The fourth-order valence-electron chi connectivity index (χ4n) is 1.16. The van der Waals surface area contributed by atoms with Gasteiger partial charge in [0.15, 0.2) is 11.6 Å². The lowest BCUT2D eigenvalue weighted by atomic mass is 10.3. The molecule has 0 atom stereocenters.